The summed E-state index contributed by atoms with van der Waals surface area (Å²) in [5, 5.41) is 0. The Balaban J connectivity index is -0.000000418. The van der Waals surface area contributed by atoms with Gasteiger partial charge < -0.3 is 23.8 Å². The highest BCUT2D eigenvalue weighted by Crippen LogP contribution is 2.27. The van der Waals surface area contributed by atoms with Crippen LogP contribution in [0.4, 0.5) is 5.69 Å². The zero-order chi connectivity index (χ0) is 23.5. The van der Waals surface area contributed by atoms with Crippen molar-refractivity contribution >= 4 is 17.6 Å². The van der Waals surface area contributed by atoms with Gasteiger partial charge in [0.15, 0.2) is 0 Å². The van der Waals surface area contributed by atoms with Crippen molar-refractivity contribution < 1.29 is 28.5 Å². The van der Waals surface area contributed by atoms with Crippen LogP contribution in [0.5, 0.6) is 0 Å². The van der Waals surface area contributed by atoms with E-state index in [1.54, 1.807) is 14.2 Å². The minimum absolute atomic E-state index is 0. The lowest BCUT2D eigenvalue weighted by Gasteiger charge is -2.23. The number of hydrogen-bond acceptors (Lipinski definition) is 7. The molecular weight excluding hydrogens is 422 g/mol. The molecule has 2 unspecified atom stereocenters. The third-order valence-electron chi connectivity index (χ3n) is 4.66. The van der Waals surface area contributed by atoms with E-state index >= 15 is 0 Å². The maximum Gasteiger partial charge on any atom is 0.309 e. The predicted octanol–water partition coefficient (Wildman–Crippen LogP) is 5.00. The molecule has 1 aromatic rings. The molecule has 33 heavy (non-hydrogen) atoms. The number of allylic oxidation sites excluding steroid dienone is 2. The Labute approximate surface area is 202 Å². The van der Waals surface area contributed by atoms with Crippen LogP contribution in [-0.2, 0) is 28.5 Å². The number of unbranched alkanes of at least 4 members (excludes halogenated alkanes) is 1. The number of hydrogen-bond donors (Lipinski definition) is 0. The number of nitrogens with zero attached hydrogens (tertiary/aromatic N) is 1. The van der Waals surface area contributed by atoms with Gasteiger partial charge in [0.1, 0.15) is 0 Å². The standard InChI is InChI=1S/C10H14O4.C8H11N.C6H14O2.2CH4/c1-13-9(11)7-5-3-4-6-8(7)10(12)14-2;1-9(2)8-6-4-3-5-7-8;1-7-5-3-4-6-8-2;;/h3-4,7-8H,5-6H2,1-2H3;3-7H,1-2H3;3-6H2,1-2H3;2*1H4. The van der Waals surface area contributed by atoms with Gasteiger partial charge in [-0.2, -0.15) is 0 Å². The second-order valence-electron chi connectivity index (χ2n) is 7.12. The van der Waals surface area contributed by atoms with Crippen molar-refractivity contribution in [2.75, 3.05) is 60.6 Å². The number of esters is 2. The first-order valence-electron chi connectivity index (χ1n) is 10.4. The quantitative estimate of drug-likeness (QED) is 0.301. The number of rotatable bonds is 8. The minimum atomic E-state index is -0.391. The fourth-order valence-corrected chi connectivity index (χ4v) is 2.86. The summed E-state index contributed by atoms with van der Waals surface area (Å²) in [6.07, 6.45) is 7.08. The number of methoxy groups -OCH3 is 4. The molecule has 0 fully saturated rings. The van der Waals surface area contributed by atoms with Gasteiger partial charge in [0.25, 0.3) is 0 Å². The van der Waals surface area contributed by atoms with Gasteiger partial charge >= 0.3 is 11.9 Å². The average Bonchev–Trinajstić information content (AvgIpc) is 2.82. The fourth-order valence-electron chi connectivity index (χ4n) is 2.86. The molecule has 0 spiro atoms. The Morgan fingerprint density at radius 2 is 1.18 bits per heavy atom. The highest BCUT2D eigenvalue weighted by atomic mass is 16.5. The fraction of sp³-hybridized carbons (Fsp3) is 0.615. The molecular formula is C26H47NO6. The van der Waals surface area contributed by atoms with E-state index in [-0.39, 0.29) is 26.8 Å². The van der Waals surface area contributed by atoms with Crippen molar-refractivity contribution in [3.8, 4) is 0 Å². The Kier molecular flexibility index (Phi) is 24.3. The zero-order valence-corrected chi connectivity index (χ0v) is 19.8. The molecule has 2 atom stereocenters. The second kappa shape index (κ2) is 22.8. The highest BCUT2D eigenvalue weighted by molar-refractivity contribution is 5.82. The first-order chi connectivity index (χ1) is 14.9. The summed E-state index contributed by atoms with van der Waals surface area (Å²) in [5.41, 5.74) is 1.25. The van der Waals surface area contributed by atoms with Crippen molar-refractivity contribution in [3.63, 3.8) is 0 Å². The zero-order valence-electron chi connectivity index (χ0n) is 19.8. The molecule has 0 N–H and O–H groups in total. The molecule has 7 heteroatoms. The lowest BCUT2D eigenvalue weighted by molar-refractivity contribution is -0.157. The molecule has 7 nitrogen and oxygen atoms in total. The molecule has 2 rings (SSSR count). The summed E-state index contributed by atoms with van der Waals surface area (Å²) in [6, 6.07) is 10.3. The molecule has 1 aliphatic rings. The van der Waals surface area contributed by atoms with Crippen LogP contribution in [0.3, 0.4) is 0 Å². The summed E-state index contributed by atoms with van der Waals surface area (Å²) in [7, 11) is 10.2. The van der Waals surface area contributed by atoms with Crippen molar-refractivity contribution in [3.05, 3.63) is 42.5 Å². The van der Waals surface area contributed by atoms with Gasteiger partial charge in [-0.25, -0.2) is 0 Å². The van der Waals surface area contributed by atoms with Crippen LogP contribution in [0.1, 0.15) is 40.5 Å². The molecule has 0 saturated heterocycles. The summed E-state index contributed by atoms with van der Waals surface area (Å²) in [6.45, 7) is 1.70. The molecule has 1 aliphatic carbocycles. The van der Waals surface area contributed by atoms with Crippen molar-refractivity contribution in [2.45, 2.75) is 40.5 Å². The lowest BCUT2D eigenvalue weighted by Crippen LogP contribution is -2.32. The van der Waals surface area contributed by atoms with E-state index in [0.29, 0.717) is 12.8 Å². The topological polar surface area (TPSA) is 74.3 Å². The van der Waals surface area contributed by atoms with E-state index < -0.39 is 11.8 Å². The van der Waals surface area contributed by atoms with Gasteiger partial charge in [-0.15, -0.1) is 0 Å². The van der Waals surface area contributed by atoms with E-state index in [0.717, 1.165) is 26.1 Å². The number of anilines is 1. The molecule has 0 radical (unpaired) electrons. The maximum absolute atomic E-state index is 11.3. The minimum Gasteiger partial charge on any atom is -0.469 e. The molecule has 1 aromatic carbocycles. The summed E-state index contributed by atoms with van der Waals surface area (Å²) in [5.74, 6) is -1.47. The van der Waals surface area contributed by atoms with Gasteiger partial charge in [0.2, 0.25) is 0 Å². The van der Waals surface area contributed by atoms with Crippen LogP contribution in [0.25, 0.3) is 0 Å². The van der Waals surface area contributed by atoms with Crippen LogP contribution in [0.2, 0.25) is 0 Å². The van der Waals surface area contributed by atoms with E-state index in [9.17, 15) is 9.59 Å². The van der Waals surface area contributed by atoms with E-state index in [2.05, 4.69) is 26.5 Å². The largest absolute Gasteiger partial charge is 0.469 e. The van der Waals surface area contributed by atoms with Crippen LogP contribution in [-0.4, -0.2) is 67.7 Å². The van der Waals surface area contributed by atoms with Crippen LogP contribution in [0.15, 0.2) is 42.5 Å². The number of carbonyl (C=O) groups excluding carboxylic acids is 2. The normalized spacial score (nSPS) is 15.7. The SMILES string of the molecule is C.C.CN(C)c1ccccc1.COC(=O)C1CC=CCC1C(=O)OC.COCCCCOC. The maximum atomic E-state index is 11.3. The first-order valence-corrected chi connectivity index (χ1v) is 10.4. The molecule has 0 bridgehead atoms. The van der Waals surface area contributed by atoms with Gasteiger partial charge in [-0.3, -0.25) is 9.59 Å². The Morgan fingerprint density at radius 3 is 1.45 bits per heavy atom. The number of benzene rings is 1. The van der Waals surface area contributed by atoms with E-state index in [4.69, 9.17) is 9.47 Å². The van der Waals surface area contributed by atoms with E-state index in [1.807, 2.05) is 44.4 Å². The molecule has 0 heterocycles. The van der Waals surface area contributed by atoms with Gasteiger partial charge in [0.05, 0.1) is 26.1 Å². The lowest BCUT2D eigenvalue weighted by atomic mass is 9.83. The van der Waals surface area contributed by atoms with Crippen molar-refractivity contribution in [1.29, 1.82) is 0 Å². The van der Waals surface area contributed by atoms with Crippen molar-refractivity contribution in [2.24, 2.45) is 11.8 Å². The smallest absolute Gasteiger partial charge is 0.309 e. The molecule has 0 amide bonds. The monoisotopic (exact) mass is 469 g/mol. The van der Waals surface area contributed by atoms with Crippen molar-refractivity contribution in [1.82, 2.24) is 0 Å². The van der Waals surface area contributed by atoms with Crippen LogP contribution in [0, 0.1) is 11.8 Å². The Hall–Kier alpha value is -2.38. The Morgan fingerprint density at radius 1 is 0.788 bits per heavy atom. The average molecular weight is 470 g/mol. The summed E-state index contributed by atoms with van der Waals surface area (Å²) in [4.78, 5) is 24.8. The molecule has 0 aromatic heterocycles. The van der Waals surface area contributed by atoms with E-state index in [1.165, 1.54) is 19.9 Å². The van der Waals surface area contributed by atoms with Gasteiger partial charge in [0, 0.05) is 47.2 Å². The second-order valence-corrected chi connectivity index (χ2v) is 7.12. The third kappa shape index (κ3) is 16.0. The third-order valence-corrected chi connectivity index (χ3v) is 4.66. The molecule has 192 valence electrons. The summed E-state index contributed by atoms with van der Waals surface area (Å²) < 4.78 is 18.9. The number of ether oxygens (including phenoxy) is 4. The molecule has 0 saturated carbocycles. The Bertz CT molecular complexity index is 586. The van der Waals surface area contributed by atoms with Gasteiger partial charge in [-0.1, -0.05) is 45.2 Å². The summed E-state index contributed by atoms with van der Waals surface area (Å²) >= 11 is 0. The van der Waals surface area contributed by atoms with Crippen LogP contribution < -0.4 is 4.90 Å². The highest BCUT2D eigenvalue weighted by Gasteiger charge is 2.35. The van der Waals surface area contributed by atoms with Gasteiger partial charge in [-0.05, 0) is 37.8 Å². The molecule has 0 aliphatic heterocycles. The number of para-hydroxylation sites is 1. The predicted molar refractivity (Wildman–Crippen MR) is 137 cm³/mol. The number of carbonyl (C=O) groups is 2. The first kappa shape index (κ1) is 35.2. The van der Waals surface area contributed by atoms with Crippen LogP contribution >= 0.6 is 0 Å².